The summed E-state index contributed by atoms with van der Waals surface area (Å²) in [6, 6.07) is 9.41. The second-order valence-corrected chi connectivity index (χ2v) is 6.99. The highest BCUT2D eigenvalue weighted by molar-refractivity contribution is 6.06. The largest absolute Gasteiger partial charge is 0.493 e. The van der Waals surface area contributed by atoms with E-state index in [0.29, 0.717) is 23.7 Å². The van der Waals surface area contributed by atoms with Gasteiger partial charge in [-0.1, -0.05) is 24.3 Å². The maximum atomic E-state index is 12.6. The van der Waals surface area contributed by atoms with Crippen molar-refractivity contribution < 1.29 is 32.2 Å². The van der Waals surface area contributed by atoms with Crippen LogP contribution in [0.5, 0.6) is 11.5 Å². The number of hydrogen-bond donors (Lipinski definition) is 0. The van der Waals surface area contributed by atoms with Crippen molar-refractivity contribution in [1.29, 1.82) is 0 Å². The Morgan fingerprint density at radius 2 is 1.81 bits per heavy atom. The second kappa shape index (κ2) is 10.5. The van der Waals surface area contributed by atoms with Crippen LogP contribution in [0.1, 0.15) is 21.5 Å². The molecule has 166 valence electrons. The number of carbonyl (C=O) groups is 1. The molecule has 0 aliphatic carbocycles. The minimum Gasteiger partial charge on any atom is -0.493 e. The zero-order valence-corrected chi connectivity index (χ0v) is 17.2. The van der Waals surface area contributed by atoms with E-state index in [2.05, 4.69) is 4.90 Å². The number of hydrogen-bond acceptors (Lipinski definition) is 5. The van der Waals surface area contributed by atoms with Crippen molar-refractivity contribution in [2.45, 2.75) is 6.18 Å². The number of allylic oxidation sites excluding steroid dienone is 1. The van der Waals surface area contributed by atoms with E-state index in [1.54, 1.807) is 24.3 Å². The second-order valence-electron chi connectivity index (χ2n) is 6.99. The normalized spacial score (nSPS) is 15.2. The minimum absolute atomic E-state index is 0.180. The Bertz CT molecular complexity index is 904. The van der Waals surface area contributed by atoms with Crippen molar-refractivity contribution in [3.05, 3.63) is 65.2 Å². The number of alkyl halides is 3. The highest BCUT2D eigenvalue weighted by atomic mass is 19.4. The van der Waals surface area contributed by atoms with Crippen molar-refractivity contribution in [3.8, 4) is 11.5 Å². The van der Waals surface area contributed by atoms with Gasteiger partial charge in [0, 0.05) is 25.2 Å². The summed E-state index contributed by atoms with van der Waals surface area (Å²) in [4.78, 5) is 14.5. The minimum atomic E-state index is -4.43. The first-order valence-electron chi connectivity index (χ1n) is 9.87. The lowest BCUT2D eigenvalue weighted by molar-refractivity contribution is -0.137. The molecule has 5 nitrogen and oxygen atoms in total. The van der Waals surface area contributed by atoms with E-state index in [9.17, 15) is 18.0 Å². The van der Waals surface area contributed by atoms with Gasteiger partial charge in [-0.2, -0.15) is 13.2 Å². The van der Waals surface area contributed by atoms with E-state index in [0.717, 1.165) is 45.0 Å². The van der Waals surface area contributed by atoms with Crippen molar-refractivity contribution in [2.75, 3.05) is 46.6 Å². The SMILES string of the molecule is COc1cc(/C=C/C(=O)c2ccc(C(F)(F)F)cc2)ccc1OCCN1CCOCC1. The number of ether oxygens (including phenoxy) is 3. The van der Waals surface area contributed by atoms with Crippen LogP contribution < -0.4 is 9.47 Å². The van der Waals surface area contributed by atoms with Gasteiger partial charge in [0.25, 0.3) is 0 Å². The third-order valence-electron chi connectivity index (χ3n) is 4.88. The molecular weight excluding hydrogens is 411 g/mol. The summed E-state index contributed by atoms with van der Waals surface area (Å²) in [6.45, 7) is 4.53. The highest BCUT2D eigenvalue weighted by Gasteiger charge is 2.30. The Labute approximate surface area is 179 Å². The summed E-state index contributed by atoms with van der Waals surface area (Å²) < 4.78 is 54.4. The molecule has 1 fully saturated rings. The van der Waals surface area contributed by atoms with Gasteiger partial charge in [0.1, 0.15) is 6.61 Å². The fourth-order valence-electron chi connectivity index (χ4n) is 3.11. The van der Waals surface area contributed by atoms with Crippen LogP contribution in [-0.4, -0.2) is 57.2 Å². The molecule has 31 heavy (non-hydrogen) atoms. The lowest BCUT2D eigenvalue weighted by Crippen LogP contribution is -2.38. The lowest BCUT2D eigenvalue weighted by atomic mass is 10.1. The third-order valence-corrected chi connectivity index (χ3v) is 4.88. The third kappa shape index (κ3) is 6.57. The Balaban J connectivity index is 1.59. The Hall–Kier alpha value is -2.84. The molecule has 0 radical (unpaired) electrons. The van der Waals surface area contributed by atoms with E-state index >= 15 is 0 Å². The van der Waals surface area contributed by atoms with E-state index in [4.69, 9.17) is 14.2 Å². The number of benzene rings is 2. The van der Waals surface area contributed by atoms with E-state index in [1.165, 1.54) is 25.3 Å². The van der Waals surface area contributed by atoms with Crippen LogP contribution in [0.4, 0.5) is 13.2 Å². The van der Waals surface area contributed by atoms with Crippen LogP contribution in [0.2, 0.25) is 0 Å². The van der Waals surface area contributed by atoms with Crippen molar-refractivity contribution in [2.24, 2.45) is 0 Å². The van der Waals surface area contributed by atoms with Crippen molar-refractivity contribution in [3.63, 3.8) is 0 Å². The van der Waals surface area contributed by atoms with Crippen LogP contribution >= 0.6 is 0 Å². The van der Waals surface area contributed by atoms with Gasteiger partial charge < -0.3 is 14.2 Å². The van der Waals surface area contributed by atoms with Gasteiger partial charge in [-0.3, -0.25) is 9.69 Å². The summed E-state index contributed by atoms with van der Waals surface area (Å²) in [6.07, 6.45) is -1.53. The summed E-state index contributed by atoms with van der Waals surface area (Å²) >= 11 is 0. The predicted molar refractivity (Wildman–Crippen MR) is 111 cm³/mol. The maximum Gasteiger partial charge on any atom is 0.416 e. The molecule has 1 heterocycles. The Kier molecular flexibility index (Phi) is 7.70. The monoisotopic (exact) mass is 435 g/mol. The molecule has 0 saturated carbocycles. The highest BCUT2D eigenvalue weighted by Crippen LogP contribution is 2.30. The summed E-state index contributed by atoms with van der Waals surface area (Å²) in [5.41, 5.74) is 0.0962. The van der Waals surface area contributed by atoms with Crippen LogP contribution in [0, 0.1) is 0 Å². The molecule has 0 unspecified atom stereocenters. The predicted octanol–water partition coefficient (Wildman–Crippen LogP) is 4.32. The standard InChI is InChI=1S/C23H24F3NO4/c1-29-22-16-17(3-9-21(22)31-15-12-27-10-13-30-14-11-27)2-8-20(28)18-4-6-19(7-5-18)23(24,25)26/h2-9,16H,10-15H2,1H3/b8-2+. The molecular formula is C23H24F3NO4. The average Bonchev–Trinajstić information content (AvgIpc) is 2.78. The maximum absolute atomic E-state index is 12.6. The molecule has 0 aromatic heterocycles. The first kappa shape index (κ1) is 22.8. The molecule has 0 N–H and O–H groups in total. The van der Waals surface area contributed by atoms with E-state index in [-0.39, 0.29) is 5.56 Å². The van der Waals surface area contributed by atoms with Crippen LogP contribution in [-0.2, 0) is 10.9 Å². The molecule has 1 saturated heterocycles. The number of methoxy groups -OCH3 is 1. The number of ketones is 1. The zero-order valence-electron chi connectivity index (χ0n) is 17.2. The molecule has 0 bridgehead atoms. The van der Waals surface area contributed by atoms with E-state index in [1.807, 2.05) is 0 Å². The summed E-state index contributed by atoms with van der Waals surface area (Å²) in [5.74, 6) is 0.742. The number of morpholine rings is 1. The Morgan fingerprint density at radius 1 is 1.10 bits per heavy atom. The zero-order chi connectivity index (χ0) is 22.3. The fourth-order valence-corrected chi connectivity index (χ4v) is 3.11. The first-order valence-corrected chi connectivity index (χ1v) is 9.87. The quantitative estimate of drug-likeness (QED) is 0.457. The molecule has 1 aliphatic rings. The first-order chi connectivity index (χ1) is 14.9. The molecule has 0 atom stereocenters. The molecule has 3 rings (SSSR count). The molecule has 0 spiro atoms. The van der Waals surface area contributed by atoms with Gasteiger partial charge in [0.15, 0.2) is 17.3 Å². The van der Waals surface area contributed by atoms with Crippen molar-refractivity contribution in [1.82, 2.24) is 4.90 Å². The van der Waals surface area contributed by atoms with Gasteiger partial charge in [-0.05, 0) is 35.9 Å². The topological polar surface area (TPSA) is 48.0 Å². The molecule has 0 amide bonds. The molecule has 2 aromatic carbocycles. The van der Waals surface area contributed by atoms with E-state index < -0.39 is 17.5 Å². The van der Waals surface area contributed by atoms with Gasteiger partial charge >= 0.3 is 6.18 Å². The number of carbonyl (C=O) groups excluding carboxylic acids is 1. The van der Waals surface area contributed by atoms with Crippen LogP contribution in [0.25, 0.3) is 6.08 Å². The lowest BCUT2D eigenvalue weighted by Gasteiger charge is -2.26. The van der Waals surface area contributed by atoms with Gasteiger partial charge in [0.05, 0.1) is 25.9 Å². The smallest absolute Gasteiger partial charge is 0.416 e. The average molecular weight is 435 g/mol. The summed E-state index contributed by atoms with van der Waals surface area (Å²) in [7, 11) is 1.53. The molecule has 8 heteroatoms. The Morgan fingerprint density at radius 3 is 2.45 bits per heavy atom. The molecule has 2 aromatic rings. The van der Waals surface area contributed by atoms with Crippen molar-refractivity contribution >= 4 is 11.9 Å². The van der Waals surface area contributed by atoms with Gasteiger partial charge in [-0.25, -0.2) is 0 Å². The number of halogens is 3. The van der Waals surface area contributed by atoms with Crippen LogP contribution in [0.3, 0.4) is 0 Å². The number of rotatable bonds is 8. The summed E-state index contributed by atoms with van der Waals surface area (Å²) in [5, 5.41) is 0. The van der Waals surface area contributed by atoms with Crippen LogP contribution in [0.15, 0.2) is 48.5 Å². The van der Waals surface area contributed by atoms with Gasteiger partial charge in [0.2, 0.25) is 0 Å². The number of nitrogens with zero attached hydrogens (tertiary/aromatic N) is 1. The van der Waals surface area contributed by atoms with Gasteiger partial charge in [-0.15, -0.1) is 0 Å². The fraction of sp³-hybridized carbons (Fsp3) is 0.348. The molecule has 1 aliphatic heterocycles.